The largest absolute Gasteiger partial charge is 0.453 e. The van der Waals surface area contributed by atoms with E-state index < -0.39 is 24.3 Å². The summed E-state index contributed by atoms with van der Waals surface area (Å²) in [5, 5.41) is 5.53. The molecule has 4 amide bonds. The highest BCUT2D eigenvalue weighted by atomic mass is 16.5. The molecule has 2 aliphatic heterocycles. The van der Waals surface area contributed by atoms with Crippen LogP contribution in [0, 0.1) is 11.8 Å². The van der Waals surface area contributed by atoms with Crippen LogP contribution in [-0.4, -0.2) is 93.1 Å². The Bertz CT molecular complexity index is 2070. The van der Waals surface area contributed by atoms with Crippen molar-refractivity contribution in [3.63, 3.8) is 0 Å². The van der Waals surface area contributed by atoms with Gasteiger partial charge in [0.2, 0.25) is 11.8 Å². The van der Waals surface area contributed by atoms with Gasteiger partial charge in [-0.1, -0.05) is 93.8 Å². The lowest BCUT2D eigenvalue weighted by molar-refractivity contribution is -0.136. The van der Waals surface area contributed by atoms with E-state index in [4.69, 9.17) is 9.47 Å². The Morgan fingerprint density at radius 2 is 1.26 bits per heavy atom. The minimum absolute atomic E-state index is 0.0706. The van der Waals surface area contributed by atoms with E-state index in [-0.39, 0.29) is 35.7 Å². The van der Waals surface area contributed by atoms with Crippen molar-refractivity contribution in [2.24, 2.45) is 11.8 Å². The van der Waals surface area contributed by atoms with Gasteiger partial charge >= 0.3 is 12.2 Å². The third-order valence-electron chi connectivity index (χ3n) is 11.5. The number of nitrogens with zero attached hydrogens (tertiary/aromatic N) is 4. The van der Waals surface area contributed by atoms with E-state index in [1.807, 2.05) is 43.0 Å². The molecule has 4 atom stereocenters. The van der Waals surface area contributed by atoms with Crippen molar-refractivity contribution in [3.05, 3.63) is 84.7 Å². The first-order valence-electron chi connectivity index (χ1n) is 19.9. The molecular formula is C43H52N8O6. The molecule has 1 unspecified atom stereocenters. The molecule has 14 nitrogen and oxygen atoms in total. The zero-order valence-electron chi connectivity index (χ0n) is 33.0. The summed E-state index contributed by atoms with van der Waals surface area (Å²) in [6.07, 6.45) is 13.0. The lowest BCUT2D eigenvalue weighted by Crippen LogP contribution is -2.52. The van der Waals surface area contributed by atoms with Crippen molar-refractivity contribution in [3.8, 4) is 33.6 Å². The second-order valence-electron chi connectivity index (χ2n) is 15.4. The summed E-state index contributed by atoms with van der Waals surface area (Å²) in [4.78, 5) is 71.5. The molecular weight excluding hydrogens is 725 g/mol. The molecule has 4 N–H and O–H groups in total. The Morgan fingerprint density at radius 3 is 1.86 bits per heavy atom. The standard InChI is InChI=1S/C43H52N8O6/c1-26(2)36(48-42(54)56-3)40(52)50-22-8-12-34(50)38-44-24-32(46-38)29-18-14-27(15-19-29)28-16-20-30(21-17-28)33-25-45-39(47-33)35-13-9-23-51(35)41(53)37(49-43(55)57-4)31-10-6-5-7-11-31/h9,13-21,24-26,31,34-37H,5-8,10-12,22-23H2,1-4H3,(H,44,46)(H,45,47)(H,48,54)(H,49,55)/t34-,35-,36-,37?/m0/s1. The second-order valence-corrected chi connectivity index (χ2v) is 15.4. The van der Waals surface area contributed by atoms with E-state index in [9.17, 15) is 19.2 Å². The van der Waals surface area contributed by atoms with E-state index in [1.165, 1.54) is 14.2 Å². The van der Waals surface area contributed by atoms with Crippen LogP contribution in [0.3, 0.4) is 0 Å². The molecule has 2 aromatic carbocycles. The normalized spacial score (nSPS) is 19.4. The molecule has 14 heteroatoms. The Balaban J connectivity index is 1.00. The van der Waals surface area contributed by atoms with Crippen LogP contribution in [-0.2, 0) is 19.1 Å². The number of ether oxygens (including phenoxy) is 2. The van der Waals surface area contributed by atoms with Crippen molar-refractivity contribution in [1.29, 1.82) is 0 Å². The topological polar surface area (TPSA) is 175 Å². The van der Waals surface area contributed by atoms with Gasteiger partial charge in [-0.05, 0) is 59.8 Å². The van der Waals surface area contributed by atoms with Gasteiger partial charge < -0.3 is 39.9 Å². The van der Waals surface area contributed by atoms with E-state index in [0.717, 1.165) is 84.4 Å². The molecule has 1 aliphatic carbocycles. The molecule has 1 saturated carbocycles. The van der Waals surface area contributed by atoms with E-state index in [0.29, 0.717) is 18.9 Å². The van der Waals surface area contributed by atoms with Crippen molar-refractivity contribution in [2.45, 2.75) is 83.0 Å². The Kier molecular flexibility index (Phi) is 12.1. The van der Waals surface area contributed by atoms with Crippen LogP contribution in [0.15, 0.2) is 73.1 Å². The van der Waals surface area contributed by atoms with Gasteiger partial charge in [-0.25, -0.2) is 19.6 Å². The van der Waals surface area contributed by atoms with Crippen molar-refractivity contribution >= 4 is 24.0 Å². The van der Waals surface area contributed by atoms with Crippen LogP contribution >= 0.6 is 0 Å². The quantitative estimate of drug-likeness (QED) is 0.119. The van der Waals surface area contributed by atoms with Crippen LogP contribution in [0.1, 0.15) is 82.5 Å². The highest BCUT2D eigenvalue weighted by Gasteiger charge is 2.39. The number of hydrogen-bond acceptors (Lipinski definition) is 8. The fraction of sp³-hybridized carbons (Fsp3) is 0.442. The molecule has 0 radical (unpaired) electrons. The summed E-state index contributed by atoms with van der Waals surface area (Å²) in [6.45, 7) is 4.84. The zero-order chi connectivity index (χ0) is 40.1. The van der Waals surface area contributed by atoms with Gasteiger partial charge in [0.15, 0.2) is 0 Å². The smallest absolute Gasteiger partial charge is 0.407 e. The lowest BCUT2D eigenvalue weighted by atomic mass is 9.83. The monoisotopic (exact) mass is 776 g/mol. The third-order valence-corrected chi connectivity index (χ3v) is 11.5. The maximum Gasteiger partial charge on any atom is 0.407 e. The number of likely N-dealkylation sites (tertiary alicyclic amines) is 1. The molecule has 0 spiro atoms. The number of carbonyl (C=O) groups excluding carboxylic acids is 4. The number of H-pyrrole nitrogens is 2. The van der Waals surface area contributed by atoms with Gasteiger partial charge in [0, 0.05) is 13.1 Å². The van der Waals surface area contributed by atoms with Gasteiger partial charge in [-0.2, -0.15) is 0 Å². The number of aromatic amines is 2. The summed E-state index contributed by atoms with van der Waals surface area (Å²) in [7, 11) is 2.61. The highest BCUT2D eigenvalue weighted by Crippen LogP contribution is 2.35. The number of carbonyl (C=O) groups is 4. The summed E-state index contributed by atoms with van der Waals surface area (Å²) >= 11 is 0. The number of rotatable bonds is 11. The summed E-state index contributed by atoms with van der Waals surface area (Å²) in [5.74, 6) is 1.09. The molecule has 0 bridgehead atoms. The Morgan fingerprint density at radius 1 is 0.702 bits per heavy atom. The van der Waals surface area contributed by atoms with Crippen molar-refractivity contribution in [1.82, 2.24) is 40.4 Å². The minimum atomic E-state index is -0.688. The molecule has 1 saturated heterocycles. The summed E-state index contributed by atoms with van der Waals surface area (Å²) in [6, 6.07) is 14.6. The molecule has 7 rings (SSSR count). The van der Waals surface area contributed by atoms with Gasteiger partial charge in [-0.3, -0.25) is 9.59 Å². The first kappa shape index (κ1) is 39.3. The average Bonchev–Trinajstić information content (AvgIpc) is 4.09. The number of hydrogen-bond donors (Lipinski definition) is 4. The first-order chi connectivity index (χ1) is 27.6. The molecule has 3 aliphatic rings. The van der Waals surface area contributed by atoms with E-state index >= 15 is 0 Å². The molecule has 4 aromatic rings. The summed E-state index contributed by atoms with van der Waals surface area (Å²) < 4.78 is 9.63. The van der Waals surface area contributed by atoms with Gasteiger partial charge in [-0.15, -0.1) is 0 Å². The number of nitrogens with one attached hydrogen (secondary N) is 4. The average molecular weight is 777 g/mol. The predicted molar refractivity (Wildman–Crippen MR) is 214 cm³/mol. The van der Waals surface area contributed by atoms with Crippen LogP contribution in [0.25, 0.3) is 33.6 Å². The van der Waals surface area contributed by atoms with E-state index in [2.05, 4.69) is 67.0 Å². The number of imidazole rings is 2. The zero-order valence-corrected chi connectivity index (χ0v) is 33.0. The first-order valence-corrected chi connectivity index (χ1v) is 19.9. The van der Waals surface area contributed by atoms with Crippen molar-refractivity contribution in [2.75, 3.05) is 27.3 Å². The number of amides is 4. The molecule has 4 heterocycles. The third kappa shape index (κ3) is 8.59. The maximum absolute atomic E-state index is 13.9. The van der Waals surface area contributed by atoms with Gasteiger partial charge in [0.05, 0.1) is 44.0 Å². The predicted octanol–water partition coefficient (Wildman–Crippen LogP) is 6.92. The molecule has 2 fully saturated rings. The SMILES string of the molecule is COC(=O)NC(C(=O)N1CC=C[C@H]1c1ncc(-c2ccc(-c3ccc(-c4cnc([C@@H]5CCCN5C(=O)[C@@H](NC(=O)OC)C(C)C)[nH]4)cc3)cc2)[nH]1)C1CCCCC1. The lowest BCUT2D eigenvalue weighted by Gasteiger charge is -2.34. The number of alkyl carbamates (subject to hydrolysis) is 2. The van der Waals surface area contributed by atoms with Crippen molar-refractivity contribution < 1.29 is 28.7 Å². The Hall–Kier alpha value is -5.92. The van der Waals surface area contributed by atoms with Crippen LogP contribution in [0.4, 0.5) is 9.59 Å². The fourth-order valence-corrected chi connectivity index (χ4v) is 8.36. The van der Waals surface area contributed by atoms with Crippen LogP contribution in [0.5, 0.6) is 0 Å². The van der Waals surface area contributed by atoms with E-state index in [1.54, 1.807) is 17.3 Å². The maximum atomic E-state index is 13.9. The molecule has 2 aromatic heterocycles. The second kappa shape index (κ2) is 17.5. The van der Waals surface area contributed by atoms with Crippen LogP contribution in [0.2, 0.25) is 0 Å². The minimum Gasteiger partial charge on any atom is -0.453 e. The molecule has 57 heavy (non-hydrogen) atoms. The summed E-state index contributed by atoms with van der Waals surface area (Å²) in [5.41, 5.74) is 5.75. The highest BCUT2D eigenvalue weighted by molar-refractivity contribution is 5.87. The fourth-order valence-electron chi connectivity index (χ4n) is 8.36. The molecule has 300 valence electrons. The Labute approximate surface area is 332 Å². The van der Waals surface area contributed by atoms with Gasteiger partial charge in [0.1, 0.15) is 29.8 Å². The number of aromatic nitrogens is 4. The van der Waals surface area contributed by atoms with Crippen LogP contribution < -0.4 is 10.6 Å². The number of benzene rings is 2. The van der Waals surface area contributed by atoms with Gasteiger partial charge in [0.25, 0.3) is 0 Å². The number of methoxy groups -OCH3 is 2.